The third-order valence-corrected chi connectivity index (χ3v) is 7.44. The van der Waals surface area contributed by atoms with Gasteiger partial charge in [0, 0.05) is 11.6 Å². The first-order chi connectivity index (χ1) is 17.9. The van der Waals surface area contributed by atoms with Crippen molar-refractivity contribution in [1.82, 2.24) is 5.32 Å². The third kappa shape index (κ3) is 5.52. The van der Waals surface area contributed by atoms with Crippen LogP contribution in [0.1, 0.15) is 15.9 Å². The minimum atomic E-state index is -4.78. The highest BCUT2D eigenvalue weighted by Gasteiger charge is 2.35. The average Bonchev–Trinajstić information content (AvgIpc) is 2.89. The summed E-state index contributed by atoms with van der Waals surface area (Å²) in [5.74, 6) is -1.19. The van der Waals surface area contributed by atoms with Crippen molar-refractivity contribution in [3.8, 4) is 5.75 Å². The molecule has 3 aromatic rings. The van der Waals surface area contributed by atoms with E-state index in [1.165, 1.54) is 18.2 Å². The van der Waals surface area contributed by atoms with Crippen LogP contribution in [0.3, 0.4) is 0 Å². The molecule has 15 heteroatoms. The number of methoxy groups -OCH3 is 1. The summed E-state index contributed by atoms with van der Waals surface area (Å²) in [6.45, 7) is 0. The van der Waals surface area contributed by atoms with Gasteiger partial charge < -0.3 is 8.92 Å². The molecule has 0 bridgehead atoms. The number of aliphatic imine (C=N–C) groups is 1. The molecule has 0 fully saturated rings. The van der Waals surface area contributed by atoms with Crippen molar-refractivity contribution >= 4 is 49.6 Å². The van der Waals surface area contributed by atoms with E-state index in [0.717, 1.165) is 35.7 Å². The molecule has 4 rings (SSSR count). The van der Waals surface area contributed by atoms with E-state index in [1.807, 2.05) is 0 Å². The maximum absolute atomic E-state index is 13.3. The SMILES string of the molecule is COC(=O)NC1=Nc2ccc(OS(=O)(=O)c3cccc(C(F)(F)F)c3)cc2N(C(=O)c2ccccc2)S1=O. The highest BCUT2D eigenvalue weighted by Crippen LogP contribution is 2.39. The van der Waals surface area contributed by atoms with Crippen LogP contribution in [-0.4, -0.2) is 36.9 Å². The second-order valence-electron chi connectivity index (χ2n) is 7.46. The Balaban J connectivity index is 1.76. The van der Waals surface area contributed by atoms with Crippen molar-refractivity contribution in [3.05, 3.63) is 83.9 Å². The first-order valence-electron chi connectivity index (χ1n) is 10.4. The van der Waals surface area contributed by atoms with Crippen LogP contribution in [0.5, 0.6) is 5.75 Å². The Hall–Kier alpha value is -4.24. The van der Waals surface area contributed by atoms with Gasteiger partial charge in [-0.1, -0.05) is 24.3 Å². The number of nitrogens with one attached hydrogen (secondary N) is 1. The predicted octanol–water partition coefficient (Wildman–Crippen LogP) is 4.14. The highest BCUT2D eigenvalue weighted by atomic mass is 32.2. The number of amidine groups is 1. The molecule has 0 spiro atoms. The number of carbonyl (C=O) groups excluding carboxylic acids is 2. The van der Waals surface area contributed by atoms with Gasteiger partial charge in [0.15, 0.2) is 11.0 Å². The maximum atomic E-state index is 13.3. The Kier molecular flexibility index (Phi) is 7.24. The van der Waals surface area contributed by atoms with Gasteiger partial charge in [0.25, 0.3) is 5.91 Å². The number of alkyl halides is 3. The molecule has 2 amide bonds. The molecule has 0 aromatic heterocycles. The third-order valence-electron chi connectivity index (χ3n) is 4.97. The number of fused-ring (bicyclic) bond motifs is 1. The fourth-order valence-electron chi connectivity index (χ4n) is 3.23. The molecule has 198 valence electrons. The van der Waals surface area contributed by atoms with E-state index in [1.54, 1.807) is 18.2 Å². The van der Waals surface area contributed by atoms with Crippen LogP contribution in [0.25, 0.3) is 0 Å². The number of carbonyl (C=O) groups is 2. The van der Waals surface area contributed by atoms with Crippen molar-refractivity contribution in [2.24, 2.45) is 4.99 Å². The van der Waals surface area contributed by atoms with Gasteiger partial charge in [0.05, 0.1) is 24.0 Å². The van der Waals surface area contributed by atoms with Gasteiger partial charge in [-0.15, -0.1) is 0 Å². The summed E-state index contributed by atoms with van der Waals surface area (Å²) in [7, 11) is -6.10. The van der Waals surface area contributed by atoms with Crippen LogP contribution in [-0.2, 0) is 32.0 Å². The van der Waals surface area contributed by atoms with Crippen molar-refractivity contribution in [1.29, 1.82) is 0 Å². The van der Waals surface area contributed by atoms with Crippen LogP contribution < -0.4 is 13.8 Å². The molecular formula is C23H16F3N3O7S2. The molecule has 0 saturated carbocycles. The van der Waals surface area contributed by atoms with E-state index in [4.69, 9.17) is 4.18 Å². The van der Waals surface area contributed by atoms with E-state index < -0.39 is 60.7 Å². The zero-order chi connectivity index (χ0) is 27.7. The summed E-state index contributed by atoms with van der Waals surface area (Å²) in [5, 5.41) is 1.73. The van der Waals surface area contributed by atoms with E-state index in [-0.39, 0.29) is 16.9 Å². The summed E-state index contributed by atoms with van der Waals surface area (Å²) in [6, 6.07) is 14.0. The standard InChI is InChI=1S/C23H16F3N3O7S2/c1-35-22(31)28-21-27-18-11-10-16(36-38(33,34)17-9-5-8-15(12-17)23(24,25)26)13-19(18)29(37(21)32)20(30)14-6-3-2-4-7-14/h2-13H,1H3,(H,27,28,31). The minimum Gasteiger partial charge on any atom is -0.453 e. The fourth-order valence-corrected chi connectivity index (χ4v) is 5.30. The Labute approximate surface area is 216 Å². The van der Waals surface area contributed by atoms with Crippen LogP contribution in [0, 0.1) is 0 Å². The smallest absolute Gasteiger partial charge is 0.416 e. The molecule has 10 nitrogen and oxygen atoms in total. The predicted molar refractivity (Wildman–Crippen MR) is 130 cm³/mol. The topological polar surface area (TPSA) is 131 Å². The van der Waals surface area contributed by atoms with Crippen LogP contribution in [0.2, 0.25) is 0 Å². The van der Waals surface area contributed by atoms with Gasteiger partial charge in [-0.05, 0) is 42.5 Å². The molecule has 1 N–H and O–H groups in total. The Morgan fingerprint density at radius 2 is 1.71 bits per heavy atom. The van der Waals surface area contributed by atoms with E-state index in [9.17, 15) is 35.4 Å². The van der Waals surface area contributed by atoms with Gasteiger partial charge >= 0.3 is 22.4 Å². The van der Waals surface area contributed by atoms with Crippen molar-refractivity contribution in [2.75, 3.05) is 11.4 Å². The Morgan fingerprint density at radius 1 is 1.00 bits per heavy atom. The fraction of sp³-hybridized carbons (Fsp3) is 0.0870. The molecular weight excluding hydrogens is 551 g/mol. The summed E-state index contributed by atoms with van der Waals surface area (Å²) >= 11 is 0. The maximum Gasteiger partial charge on any atom is 0.416 e. The molecule has 1 heterocycles. The summed E-state index contributed by atoms with van der Waals surface area (Å²) in [6.07, 6.45) is -5.78. The monoisotopic (exact) mass is 567 g/mol. The lowest BCUT2D eigenvalue weighted by Gasteiger charge is -2.27. The quantitative estimate of drug-likeness (QED) is 0.469. The largest absolute Gasteiger partial charge is 0.453 e. The number of nitrogens with zero attached hydrogens (tertiary/aromatic N) is 2. The Bertz CT molecular complexity index is 1580. The molecule has 1 aliphatic heterocycles. The zero-order valence-corrected chi connectivity index (χ0v) is 20.8. The summed E-state index contributed by atoms with van der Waals surface area (Å²) in [5.41, 5.74) is -1.23. The first kappa shape index (κ1) is 26.8. The van der Waals surface area contributed by atoms with Gasteiger partial charge in [-0.25, -0.2) is 18.3 Å². The number of halogens is 3. The number of hydrogen-bond acceptors (Lipinski definition) is 8. The first-order valence-corrected chi connectivity index (χ1v) is 12.9. The van der Waals surface area contributed by atoms with Crippen LogP contribution in [0.15, 0.2) is 82.7 Å². The number of ether oxygens (including phenoxy) is 1. The lowest BCUT2D eigenvalue weighted by atomic mass is 10.2. The van der Waals surface area contributed by atoms with Crippen molar-refractivity contribution in [3.63, 3.8) is 0 Å². The van der Waals surface area contributed by atoms with Gasteiger partial charge in [0.1, 0.15) is 10.6 Å². The zero-order valence-electron chi connectivity index (χ0n) is 19.1. The minimum absolute atomic E-state index is 0.00380. The molecule has 0 saturated heterocycles. The molecule has 1 aliphatic rings. The summed E-state index contributed by atoms with van der Waals surface area (Å²) < 4.78 is 88.2. The second kappa shape index (κ2) is 10.3. The van der Waals surface area contributed by atoms with Crippen LogP contribution in [0.4, 0.5) is 29.3 Å². The molecule has 1 unspecified atom stereocenters. The Morgan fingerprint density at radius 3 is 2.37 bits per heavy atom. The number of alkyl carbamates (subject to hydrolysis) is 1. The number of anilines is 1. The number of amides is 2. The normalized spacial score (nSPS) is 15.2. The number of benzene rings is 3. The van der Waals surface area contributed by atoms with Crippen molar-refractivity contribution < 1.29 is 44.3 Å². The van der Waals surface area contributed by atoms with Gasteiger partial charge in [-0.3, -0.25) is 10.1 Å². The molecule has 0 aliphatic carbocycles. The van der Waals surface area contributed by atoms with Gasteiger partial charge in [0.2, 0.25) is 5.17 Å². The van der Waals surface area contributed by atoms with E-state index in [0.29, 0.717) is 12.1 Å². The highest BCUT2D eigenvalue weighted by molar-refractivity contribution is 8.02. The second-order valence-corrected chi connectivity index (χ2v) is 10.3. The molecule has 1 atom stereocenters. The lowest BCUT2D eigenvalue weighted by Crippen LogP contribution is -2.45. The van der Waals surface area contributed by atoms with E-state index in [2.05, 4.69) is 15.0 Å². The van der Waals surface area contributed by atoms with Crippen molar-refractivity contribution in [2.45, 2.75) is 11.1 Å². The summed E-state index contributed by atoms with van der Waals surface area (Å²) in [4.78, 5) is 28.3. The van der Waals surface area contributed by atoms with E-state index >= 15 is 0 Å². The molecule has 0 radical (unpaired) electrons. The molecule has 38 heavy (non-hydrogen) atoms. The number of hydrogen-bond donors (Lipinski definition) is 1. The average molecular weight is 568 g/mol. The molecule has 3 aromatic carbocycles. The van der Waals surface area contributed by atoms with Gasteiger partial charge in [-0.2, -0.15) is 21.6 Å². The lowest BCUT2D eigenvalue weighted by molar-refractivity contribution is -0.137. The van der Waals surface area contributed by atoms with Crippen LogP contribution >= 0.6 is 0 Å². The number of rotatable bonds is 4.